The molecule has 0 saturated carbocycles. The van der Waals surface area contributed by atoms with Crippen molar-refractivity contribution >= 4 is 29.1 Å². The summed E-state index contributed by atoms with van der Waals surface area (Å²) < 4.78 is 0. The highest BCUT2D eigenvalue weighted by Gasteiger charge is 2.52. The second-order valence-corrected chi connectivity index (χ2v) is 9.77. The van der Waals surface area contributed by atoms with Gasteiger partial charge in [0.1, 0.15) is 0 Å². The van der Waals surface area contributed by atoms with Crippen molar-refractivity contribution in [2.24, 2.45) is 5.92 Å². The summed E-state index contributed by atoms with van der Waals surface area (Å²) in [4.78, 5) is 43.5. The van der Waals surface area contributed by atoms with Crippen LogP contribution in [0, 0.1) is 5.92 Å². The molecule has 1 fully saturated rings. The summed E-state index contributed by atoms with van der Waals surface area (Å²) in [6, 6.07) is 14.9. The van der Waals surface area contributed by atoms with Crippen molar-refractivity contribution in [3.8, 4) is 0 Å². The molecule has 2 atom stereocenters. The minimum atomic E-state index is -1.86. The number of carbonyl (C=O) groups is 3. The van der Waals surface area contributed by atoms with E-state index < -0.39 is 17.4 Å². The molecule has 0 unspecified atom stereocenters. The first-order valence-corrected chi connectivity index (χ1v) is 13.0. The number of amides is 3. The molecule has 2 aromatic rings. The first-order valence-electron chi connectivity index (χ1n) is 13.0. The molecule has 38 heavy (non-hydrogen) atoms. The molecule has 2 aliphatic rings. The van der Waals surface area contributed by atoms with Crippen LogP contribution in [0.1, 0.15) is 37.3 Å². The number of anilines is 2. The van der Waals surface area contributed by atoms with Gasteiger partial charge in [-0.3, -0.25) is 14.4 Å². The summed E-state index contributed by atoms with van der Waals surface area (Å²) >= 11 is 0. The predicted molar refractivity (Wildman–Crippen MR) is 146 cm³/mol. The second-order valence-electron chi connectivity index (χ2n) is 9.77. The average molecular weight is 518 g/mol. The smallest absolute Gasteiger partial charge is 0.264 e. The zero-order chi connectivity index (χ0) is 27.3. The van der Waals surface area contributed by atoms with Crippen LogP contribution in [0.25, 0.3) is 0 Å². The molecule has 8 heteroatoms. The fraction of sp³-hybridized carbons (Fsp3) is 0.367. The highest BCUT2D eigenvalue weighted by Crippen LogP contribution is 2.46. The third-order valence-electron chi connectivity index (χ3n) is 7.26. The summed E-state index contributed by atoms with van der Waals surface area (Å²) in [7, 11) is 0. The fourth-order valence-electron chi connectivity index (χ4n) is 5.19. The lowest BCUT2D eigenvalue weighted by Crippen LogP contribution is -2.44. The maximum atomic E-state index is 13.5. The van der Waals surface area contributed by atoms with Gasteiger partial charge in [-0.25, -0.2) is 0 Å². The van der Waals surface area contributed by atoms with Crippen LogP contribution in [-0.4, -0.2) is 59.1 Å². The lowest BCUT2D eigenvalue weighted by atomic mass is 9.82. The molecule has 8 nitrogen and oxygen atoms in total. The topological polar surface area (TPSA) is 101 Å². The highest BCUT2D eigenvalue weighted by atomic mass is 16.3. The van der Waals surface area contributed by atoms with Crippen molar-refractivity contribution in [2.75, 3.05) is 36.0 Å². The van der Waals surface area contributed by atoms with Crippen LogP contribution in [0.4, 0.5) is 11.4 Å². The van der Waals surface area contributed by atoms with Crippen molar-refractivity contribution in [2.45, 2.75) is 38.3 Å². The monoisotopic (exact) mass is 517 g/mol. The Labute approximate surface area is 223 Å². The predicted octanol–water partition coefficient (Wildman–Crippen LogP) is 3.14. The molecule has 4 rings (SSSR count). The van der Waals surface area contributed by atoms with E-state index in [9.17, 15) is 24.6 Å². The number of hydrogen-bond donors (Lipinski definition) is 2. The Morgan fingerprint density at radius 2 is 1.97 bits per heavy atom. The van der Waals surface area contributed by atoms with Gasteiger partial charge in [0.2, 0.25) is 11.8 Å². The van der Waals surface area contributed by atoms with Gasteiger partial charge in [-0.2, -0.15) is 0 Å². The van der Waals surface area contributed by atoms with Crippen LogP contribution < -0.4 is 9.80 Å². The molecule has 2 heterocycles. The minimum absolute atomic E-state index is 0.0233. The van der Waals surface area contributed by atoms with Crippen molar-refractivity contribution < 1.29 is 24.6 Å². The number of aliphatic hydroxyl groups excluding tert-OH is 1. The number of carbonyl (C=O) groups excluding carboxylic acids is 3. The molecule has 0 aromatic heterocycles. The number of aliphatic hydroxyl groups is 2. The SMILES string of the molecule is C=CCN1C(=O)[C@@](O)([C@@H](C)/C=C/CC(=O)N(CCO)Cc2ccccc2)c2cc(N3CCCC3=O)ccc21. The Kier molecular flexibility index (Phi) is 8.44. The highest BCUT2D eigenvalue weighted by molar-refractivity contribution is 6.08. The fourth-order valence-corrected chi connectivity index (χ4v) is 5.19. The summed E-state index contributed by atoms with van der Waals surface area (Å²) in [5.74, 6) is -1.26. The van der Waals surface area contributed by atoms with Crippen molar-refractivity contribution in [1.82, 2.24) is 4.90 Å². The maximum Gasteiger partial charge on any atom is 0.264 e. The third-order valence-corrected chi connectivity index (χ3v) is 7.26. The van der Waals surface area contributed by atoms with Crippen LogP contribution in [0.3, 0.4) is 0 Å². The molecule has 0 aliphatic carbocycles. The van der Waals surface area contributed by atoms with E-state index in [-0.39, 0.29) is 37.9 Å². The van der Waals surface area contributed by atoms with E-state index in [0.717, 1.165) is 12.0 Å². The summed E-state index contributed by atoms with van der Waals surface area (Å²) in [5.41, 5.74) is 0.788. The van der Waals surface area contributed by atoms with Gasteiger partial charge in [-0.1, -0.05) is 55.5 Å². The Hall–Kier alpha value is -3.75. The number of fused-ring (bicyclic) bond motifs is 1. The lowest BCUT2D eigenvalue weighted by molar-refractivity contribution is -0.139. The number of benzene rings is 2. The lowest BCUT2D eigenvalue weighted by Gasteiger charge is -2.28. The number of hydrogen-bond acceptors (Lipinski definition) is 5. The van der Waals surface area contributed by atoms with E-state index in [1.165, 1.54) is 4.90 Å². The number of rotatable bonds is 11. The van der Waals surface area contributed by atoms with Crippen molar-refractivity contribution in [3.63, 3.8) is 0 Å². The molecule has 0 bridgehead atoms. The van der Waals surface area contributed by atoms with Gasteiger partial charge < -0.3 is 24.9 Å². The third kappa shape index (κ3) is 5.28. The van der Waals surface area contributed by atoms with Crippen LogP contribution in [-0.2, 0) is 26.5 Å². The van der Waals surface area contributed by atoms with Crippen molar-refractivity contribution in [3.05, 3.63) is 84.5 Å². The van der Waals surface area contributed by atoms with Gasteiger partial charge in [0.15, 0.2) is 5.60 Å². The van der Waals surface area contributed by atoms with Gasteiger partial charge in [0.25, 0.3) is 5.91 Å². The largest absolute Gasteiger partial charge is 0.395 e. The van der Waals surface area contributed by atoms with E-state index in [1.54, 1.807) is 53.2 Å². The Balaban J connectivity index is 1.55. The van der Waals surface area contributed by atoms with Crippen LogP contribution in [0.15, 0.2) is 73.3 Å². The van der Waals surface area contributed by atoms with Crippen LogP contribution >= 0.6 is 0 Å². The molecule has 2 aliphatic heterocycles. The molecule has 2 aromatic carbocycles. The number of nitrogens with zero attached hydrogens (tertiary/aromatic N) is 3. The van der Waals surface area contributed by atoms with Crippen LogP contribution in [0.5, 0.6) is 0 Å². The molecule has 0 spiro atoms. The molecule has 200 valence electrons. The van der Waals surface area contributed by atoms with E-state index in [4.69, 9.17) is 0 Å². The van der Waals surface area contributed by atoms with Gasteiger partial charge in [0.05, 0.1) is 12.3 Å². The first-order chi connectivity index (χ1) is 18.3. The Morgan fingerprint density at radius 1 is 1.21 bits per heavy atom. The summed E-state index contributed by atoms with van der Waals surface area (Å²) in [6.07, 6.45) is 6.27. The molecule has 1 saturated heterocycles. The summed E-state index contributed by atoms with van der Waals surface area (Å²) in [5, 5.41) is 21.3. The van der Waals surface area contributed by atoms with E-state index in [1.807, 2.05) is 30.3 Å². The van der Waals surface area contributed by atoms with Gasteiger partial charge >= 0.3 is 0 Å². The molecular weight excluding hydrogens is 482 g/mol. The normalized spacial score (nSPS) is 19.8. The molecule has 0 radical (unpaired) electrons. The quantitative estimate of drug-likeness (QED) is 0.446. The minimum Gasteiger partial charge on any atom is -0.395 e. The Morgan fingerprint density at radius 3 is 2.63 bits per heavy atom. The van der Waals surface area contributed by atoms with Gasteiger partial charge in [0, 0.05) is 56.2 Å². The molecular formula is C30H35N3O5. The zero-order valence-electron chi connectivity index (χ0n) is 21.8. The van der Waals surface area contributed by atoms with Gasteiger partial charge in [-0.15, -0.1) is 6.58 Å². The zero-order valence-corrected chi connectivity index (χ0v) is 21.8. The van der Waals surface area contributed by atoms with E-state index in [0.29, 0.717) is 36.4 Å². The molecule has 2 N–H and O–H groups in total. The first kappa shape index (κ1) is 27.3. The van der Waals surface area contributed by atoms with Crippen molar-refractivity contribution in [1.29, 1.82) is 0 Å². The standard InChI is InChI=1S/C30H35N3O5/c1-3-16-33-26-15-14-24(32-17-8-13-28(32)36)20-25(26)30(38,29(33)37)22(2)9-7-12-27(35)31(18-19-34)21-23-10-5-4-6-11-23/h3-7,9-11,14-15,20,22,34,38H,1,8,12-13,16-19,21H2,2H3/b9-7+/t22-,30+/m0/s1. The maximum absolute atomic E-state index is 13.5. The van der Waals surface area contributed by atoms with Crippen LogP contribution in [0.2, 0.25) is 0 Å². The van der Waals surface area contributed by atoms with E-state index >= 15 is 0 Å². The van der Waals surface area contributed by atoms with Gasteiger partial charge in [-0.05, 0) is 30.2 Å². The average Bonchev–Trinajstić information content (AvgIpc) is 3.44. The molecule has 3 amide bonds. The Bertz CT molecular complexity index is 1230. The van der Waals surface area contributed by atoms with E-state index in [2.05, 4.69) is 6.58 Å². The second kappa shape index (κ2) is 11.8. The summed E-state index contributed by atoms with van der Waals surface area (Å²) in [6.45, 7) is 6.77.